The maximum Gasteiger partial charge on any atom is 0.222 e. The number of aromatic nitrogens is 2. The van der Waals surface area contributed by atoms with Crippen molar-refractivity contribution in [1.82, 2.24) is 14.9 Å². The molecule has 5 heteroatoms. The van der Waals surface area contributed by atoms with Gasteiger partial charge < -0.3 is 15.0 Å². The summed E-state index contributed by atoms with van der Waals surface area (Å²) < 4.78 is 5.98. The fourth-order valence-corrected chi connectivity index (χ4v) is 2.96. The number of hydrogen-bond donors (Lipinski definition) is 1. The van der Waals surface area contributed by atoms with Gasteiger partial charge in [-0.2, -0.15) is 0 Å². The molecule has 0 aromatic carbocycles. The number of rotatable bonds is 7. The molecule has 2 rings (SSSR count). The normalized spacial score (nSPS) is 19.2. The van der Waals surface area contributed by atoms with Crippen molar-refractivity contribution in [2.24, 2.45) is 0 Å². The Bertz CT molecular complexity index is 450. The molecule has 0 spiro atoms. The van der Waals surface area contributed by atoms with Crippen molar-refractivity contribution in [1.29, 1.82) is 0 Å². The molecule has 1 atom stereocenters. The van der Waals surface area contributed by atoms with Gasteiger partial charge in [-0.05, 0) is 45.7 Å². The Morgan fingerprint density at radius 2 is 2.24 bits per heavy atom. The Hall–Kier alpha value is -1.36. The number of anilines is 1. The van der Waals surface area contributed by atoms with E-state index in [-0.39, 0.29) is 0 Å². The summed E-state index contributed by atoms with van der Waals surface area (Å²) in [4.78, 5) is 11.1. The van der Waals surface area contributed by atoms with Gasteiger partial charge in [0.15, 0.2) is 0 Å². The summed E-state index contributed by atoms with van der Waals surface area (Å²) >= 11 is 0. The van der Waals surface area contributed by atoms with Crippen LogP contribution in [-0.2, 0) is 0 Å². The highest BCUT2D eigenvalue weighted by Crippen LogP contribution is 2.30. The zero-order valence-corrected chi connectivity index (χ0v) is 13.7. The van der Waals surface area contributed by atoms with Crippen molar-refractivity contribution in [3.8, 4) is 5.88 Å². The fourth-order valence-electron chi connectivity index (χ4n) is 2.96. The molecule has 0 amide bonds. The van der Waals surface area contributed by atoms with Crippen LogP contribution in [0, 0.1) is 0 Å². The molecule has 0 saturated carbocycles. The second-order valence-corrected chi connectivity index (χ2v) is 6.04. The Morgan fingerprint density at radius 1 is 1.43 bits per heavy atom. The Labute approximate surface area is 128 Å². The fraction of sp³-hybridized carbons (Fsp3) is 0.750. The van der Waals surface area contributed by atoms with E-state index < -0.39 is 0 Å². The van der Waals surface area contributed by atoms with Crippen LogP contribution in [0.15, 0.2) is 6.33 Å². The summed E-state index contributed by atoms with van der Waals surface area (Å²) in [6.45, 7) is 9.15. The molecule has 1 aromatic heterocycles. The van der Waals surface area contributed by atoms with Gasteiger partial charge in [0.2, 0.25) is 5.88 Å². The summed E-state index contributed by atoms with van der Waals surface area (Å²) in [7, 11) is 2.20. The van der Waals surface area contributed by atoms with Crippen molar-refractivity contribution in [3.63, 3.8) is 0 Å². The van der Waals surface area contributed by atoms with Crippen LogP contribution < -0.4 is 10.1 Å². The van der Waals surface area contributed by atoms with Crippen LogP contribution in [0.2, 0.25) is 0 Å². The molecule has 1 fully saturated rings. The number of nitrogens with zero attached hydrogens (tertiary/aromatic N) is 3. The molecular formula is C16H28N4O. The van der Waals surface area contributed by atoms with E-state index in [0.29, 0.717) is 12.0 Å². The molecule has 0 bridgehead atoms. The van der Waals surface area contributed by atoms with E-state index in [1.54, 1.807) is 6.33 Å². The number of nitrogens with one attached hydrogen (secondary N) is 1. The molecule has 1 unspecified atom stereocenters. The minimum Gasteiger partial charge on any atom is -0.477 e. The van der Waals surface area contributed by atoms with Crippen LogP contribution in [0.4, 0.5) is 5.82 Å². The first-order valence-electron chi connectivity index (χ1n) is 8.05. The highest BCUT2D eigenvalue weighted by atomic mass is 16.5. The Balaban J connectivity index is 2.00. The molecule has 1 saturated heterocycles. The van der Waals surface area contributed by atoms with E-state index >= 15 is 0 Å². The first kappa shape index (κ1) is 16.0. The molecule has 0 aliphatic carbocycles. The second-order valence-electron chi connectivity index (χ2n) is 6.04. The largest absolute Gasteiger partial charge is 0.477 e. The molecule has 1 aromatic rings. The summed E-state index contributed by atoms with van der Waals surface area (Å²) in [5.74, 6) is 1.97. The van der Waals surface area contributed by atoms with Crippen molar-refractivity contribution in [2.75, 3.05) is 32.1 Å². The lowest BCUT2D eigenvalue weighted by Gasteiger charge is -2.20. The van der Waals surface area contributed by atoms with Gasteiger partial charge in [-0.1, -0.05) is 13.8 Å². The summed E-state index contributed by atoms with van der Waals surface area (Å²) in [5, 5.41) is 3.30. The topological polar surface area (TPSA) is 50.3 Å². The van der Waals surface area contributed by atoms with Crippen molar-refractivity contribution < 1.29 is 4.74 Å². The first-order valence-corrected chi connectivity index (χ1v) is 8.05. The lowest BCUT2D eigenvalue weighted by Crippen LogP contribution is -2.26. The lowest BCUT2D eigenvalue weighted by atomic mass is 10.1. The van der Waals surface area contributed by atoms with Crippen LogP contribution in [0.1, 0.15) is 51.5 Å². The summed E-state index contributed by atoms with van der Waals surface area (Å²) in [6.07, 6.45) is 5.23. The Morgan fingerprint density at radius 3 is 2.86 bits per heavy atom. The van der Waals surface area contributed by atoms with Gasteiger partial charge in [0, 0.05) is 12.6 Å². The van der Waals surface area contributed by atoms with Gasteiger partial charge in [-0.25, -0.2) is 9.97 Å². The standard InChI is InChI=1S/C16H28N4O/c1-5-17-15-14(12(2)3)16(19-11-18-15)21-10-8-13-7-6-9-20(13)4/h11-13H,5-10H2,1-4H3,(H,17,18,19). The molecule has 1 aliphatic heterocycles. The lowest BCUT2D eigenvalue weighted by molar-refractivity contribution is 0.226. The van der Waals surface area contributed by atoms with Gasteiger partial charge in [0.25, 0.3) is 0 Å². The third kappa shape index (κ3) is 4.06. The van der Waals surface area contributed by atoms with Crippen LogP contribution in [0.5, 0.6) is 5.88 Å². The smallest absolute Gasteiger partial charge is 0.222 e. The second kappa shape index (κ2) is 7.59. The maximum absolute atomic E-state index is 5.98. The van der Waals surface area contributed by atoms with Gasteiger partial charge in [-0.15, -0.1) is 0 Å². The first-order chi connectivity index (χ1) is 10.1. The van der Waals surface area contributed by atoms with Crippen molar-refractivity contribution in [3.05, 3.63) is 11.9 Å². The molecule has 2 heterocycles. The predicted octanol–water partition coefficient (Wildman–Crippen LogP) is 2.89. The van der Waals surface area contributed by atoms with Crippen LogP contribution in [0.3, 0.4) is 0 Å². The molecular weight excluding hydrogens is 264 g/mol. The quantitative estimate of drug-likeness (QED) is 0.837. The van der Waals surface area contributed by atoms with Crippen LogP contribution in [0.25, 0.3) is 0 Å². The van der Waals surface area contributed by atoms with Gasteiger partial charge in [0.05, 0.1) is 12.2 Å². The third-order valence-electron chi connectivity index (χ3n) is 4.13. The minimum atomic E-state index is 0.337. The third-order valence-corrected chi connectivity index (χ3v) is 4.13. The zero-order valence-electron chi connectivity index (χ0n) is 13.7. The van der Waals surface area contributed by atoms with E-state index in [1.807, 2.05) is 0 Å². The van der Waals surface area contributed by atoms with Gasteiger partial charge in [-0.3, -0.25) is 0 Å². The van der Waals surface area contributed by atoms with Crippen LogP contribution in [-0.4, -0.2) is 47.7 Å². The predicted molar refractivity (Wildman–Crippen MR) is 86.0 cm³/mol. The summed E-state index contributed by atoms with van der Waals surface area (Å²) in [5.41, 5.74) is 1.08. The SMILES string of the molecule is CCNc1ncnc(OCCC2CCCN2C)c1C(C)C. The van der Waals surface area contributed by atoms with Gasteiger partial charge >= 0.3 is 0 Å². The van der Waals surface area contributed by atoms with E-state index in [0.717, 1.165) is 36.8 Å². The average molecular weight is 292 g/mol. The minimum absolute atomic E-state index is 0.337. The van der Waals surface area contributed by atoms with Crippen molar-refractivity contribution in [2.45, 2.75) is 52.0 Å². The number of likely N-dealkylation sites (tertiary alicyclic amines) is 1. The molecule has 0 radical (unpaired) electrons. The monoisotopic (exact) mass is 292 g/mol. The molecule has 118 valence electrons. The number of hydrogen-bond acceptors (Lipinski definition) is 5. The zero-order chi connectivity index (χ0) is 15.2. The highest BCUT2D eigenvalue weighted by Gasteiger charge is 2.21. The molecule has 1 aliphatic rings. The molecule has 21 heavy (non-hydrogen) atoms. The van der Waals surface area contributed by atoms with E-state index in [1.165, 1.54) is 19.4 Å². The van der Waals surface area contributed by atoms with Crippen molar-refractivity contribution >= 4 is 5.82 Å². The van der Waals surface area contributed by atoms with E-state index in [4.69, 9.17) is 4.74 Å². The van der Waals surface area contributed by atoms with Gasteiger partial charge in [0.1, 0.15) is 12.1 Å². The Kier molecular flexibility index (Phi) is 5.79. The molecule has 5 nitrogen and oxygen atoms in total. The molecule has 1 N–H and O–H groups in total. The summed E-state index contributed by atoms with van der Waals surface area (Å²) in [6, 6.07) is 0.655. The maximum atomic E-state index is 5.98. The van der Waals surface area contributed by atoms with Crippen LogP contribution >= 0.6 is 0 Å². The highest BCUT2D eigenvalue weighted by molar-refractivity contribution is 5.50. The average Bonchev–Trinajstić information content (AvgIpc) is 2.85. The van der Waals surface area contributed by atoms with E-state index in [2.05, 4.69) is 48.0 Å². The van der Waals surface area contributed by atoms with E-state index in [9.17, 15) is 0 Å². The number of ether oxygens (including phenoxy) is 1.